The van der Waals surface area contributed by atoms with Gasteiger partial charge in [-0.2, -0.15) is 0 Å². The first-order chi connectivity index (χ1) is 11.1. The fourth-order valence-corrected chi connectivity index (χ4v) is 2.30. The van der Waals surface area contributed by atoms with Crippen LogP contribution in [0.2, 0.25) is 5.02 Å². The molecule has 0 saturated heterocycles. The number of aliphatic hydroxyl groups is 1. The third kappa shape index (κ3) is 3.08. The average molecular weight is 334 g/mol. The molecular formula is C14H12ClN5O3. The number of hydrogen-bond donors (Lipinski definition) is 2. The standard InChI is InChI=1S/C14H12ClN5O3/c15-10-3-1-9(2-4-10)11(8-21)17-12-5-6-13-16-7-14(20(22)23)19(13)18-12/h1-7,11,21H,8H2,(H,17,18). The van der Waals surface area contributed by atoms with Crippen LogP contribution >= 0.6 is 11.6 Å². The Hall–Kier alpha value is -2.71. The van der Waals surface area contributed by atoms with Crippen molar-refractivity contribution in [2.24, 2.45) is 0 Å². The Morgan fingerprint density at radius 1 is 1.30 bits per heavy atom. The van der Waals surface area contributed by atoms with Crippen LogP contribution in [0.1, 0.15) is 11.6 Å². The molecule has 0 fully saturated rings. The third-order valence-electron chi connectivity index (χ3n) is 3.31. The Kier molecular flexibility index (Phi) is 4.09. The van der Waals surface area contributed by atoms with Gasteiger partial charge < -0.3 is 20.5 Å². The minimum atomic E-state index is -0.556. The van der Waals surface area contributed by atoms with Crippen LogP contribution in [0.25, 0.3) is 5.65 Å². The summed E-state index contributed by atoms with van der Waals surface area (Å²) in [5, 5.41) is 28.3. The van der Waals surface area contributed by atoms with Gasteiger partial charge in [0.25, 0.3) is 0 Å². The Morgan fingerprint density at radius 2 is 2.04 bits per heavy atom. The molecule has 23 heavy (non-hydrogen) atoms. The minimum Gasteiger partial charge on any atom is -0.394 e. The summed E-state index contributed by atoms with van der Waals surface area (Å²) in [5.41, 5.74) is 1.19. The van der Waals surface area contributed by atoms with Gasteiger partial charge in [-0.15, -0.1) is 0 Å². The van der Waals surface area contributed by atoms with Crippen molar-refractivity contribution in [1.82, 2.24) is 14.6 Å². The van der Waals surface area contributed by atoms with Crippen molar-refractivity contribution in [3.05, 3.63) is 63.3 Å². The number of aromatic nitrogens is 3. The van der Waals surface area contributed by atoms with Crippen LogP contribution in [0.15, 0.2) is 42.6 Å². The highest BCUT2D eigenvalue weighted by atomic mass is 35.5. The quantitative estimate of drug-likeness (QED) is 0.548. The predicted octanol–water partition coefficient (Wildman–Crippen LogP) is 2.44. The number of aliphatic hydroxyl groups excluding tert-OH is 1. The zero-order chi connectivity index (χ0) is 16.4. The van der Waals surface area contributed by atoms with Gasteiger partial charge in [-0.3, -0.25) is 0 Å². The fraction of sp³-hybridized carbons (Fsp3) is 0.143. The highest BCUT2D eigenvalue weighted by molar-refractivity contribution is 6.30. The molecule has 0 aliphatic heterocycles. The van der Waals surface area contributed by atoms with E-state index in [1.165, 1.54) is 0 Å². The van der Waals surface area contributed by atoms with Gasteiger partial charge in [-0.05, 0) is 28.7 Å². The van der Waals surface area contributed by atoms with E-state index >= 15 is 0 Å². The Labute approximate surface area is 135 Å². The van der Waals surface area contributed by atoms with E-state index in [0.717, 1.165) is 16.3 Å². The van der Waals surface area contributed by atoms with Gasteiger partial charge >= 0.3 is 5.82 Å². The molecule has 0 saturated carbocycles. The molecule has 3 aromatic rings. The van der Waals surface area contributed by atoms with Crippen LogP contribution in [0.5, 0.6) is 0 Å². The number of anilines is 1. The lowest BCUT2D eigenvalue weighted by atomic mass is 10.1. The number of fused-ring (bicyclic) bond motifs is 1. The first kappa shape index (κ1) is 15.2. The number of halogens is 1. The maximum atomic E-state index is 11.0. The van der Waals surface area contributed by atoms with Crippen molar-refractivity contribution in [3.63, 3.8) is 0 Å². The summed E-state index contributed by atoms with van der Waals surface area (Å²) in [5.74, 6) is 0.156. The van der Waals surface area contributed by atoms with E-state index in [2.05, 4.69) is 15.4 Å². The topological polar surface area (TPSA) is 106 Å². The number of benzene rings is 1. The van der Waals surface area contributed by atoms with Crippen molar-refractivity contribution < 1.29 is 10.0 Å². The maximum absolute atomic E-state index is 11.0. The molecule has 0 radical (unpaired) electrons. The highest BCUT2D eigenvalue weighted by Crippen LogP contribution is 2.21. The zero-order valence-corrected chi connectivity index (χ0v) is 12.5. The zero-order valence-electron chi connectivity index (χ0n) is 11.8. The monoisotopic (exact) mass is 333 g/mol. The molecule has 8 nitrogen and oxygen atoms in total. The van der Waals surface area contributed by atoms with E-state index in [-0.39, 0.29) is 12.4 Å². The van der Waals surface area contributed by atoms with Crippen molar-refractivity contribution in [1.29, 1.82) is 0 Å². The maximum Gasteiger partial charge on any atom is 0.368 e. The van der Waals surface area contributed by atoms with Gasteiger partial charge in [-0.25, -0.2) is 4.98 Å². The van der Waals surface area contributed by atoms with Gasteiger partial charge in [-0.1, -0.05) is 33.3 Å². The first-order valence-electron chi connectivity index (χ1n) is 6.70. The van der Waals surface area contributed by atoms with Crippen molar-refractivity contribution in [3.8, 4) is 0 Å². The van der Waals surface area contributed by atoms with Crippen LogP contribution < -0.4 is 5.32 Å². The normalized spacial score (nSPS) is 12.3. The molecule has 1 aromatic carbocycles. The lowest BCUT2D eigenvalue weighted by Crippen LogP contribution is -2.16. The summed E-state index contributed by atoms with van der Waals surface area (Å²) in [6.45, 7) is -0.173. The highest BCUT2D eigenvalue weighted by Gasteiger charge is 2.17. The van der Waals surface area contributed by atoms with E-state index < -0.39 is 11.0 Å². The van der Waals surface area contributed by atoms with E-state index in [4.69, 9.17) is 11.6 Å². The molecule has 118 valence electrons. The molecule has 2 heterocycles. The number of hydrogen-bond acceptors (Lipinski definition) is 6. The number of nitro groups is 1. The molecule has 0 amide bonds. The number of nitrogens with one attached hydrogen (secondary N) is 1. The van der Waals surface area contributed by atoms with Crippen LogP contribution in [0.4, 0.5) is 11.6 Å². The van der Waals surface area contributed by atoms with Crippen LogP contribution in [0.3, 0.4) is 0 Å². The second kappa shape index (κ2) is 6.19. The van der Waals surface area contributed by atoms with Gasteiger partial charge in [0, 0.05) is 11.1 Å². The van der Waals surface area contributed by atoms with Gasteiger partial charge in [0.2, 0.25) is 5.65 Å². The van der Waals surface area contributed by atoms with E-state index in [9.17, 15) is 15.2 Å². The van der Waals surface area contributed by atoms with Crippen molar-refractivity contribution in [2.45, 2.75) is 6.04 Å². The number of imidazole rings is 1. The predicted molar refractivity (Wildman–Crippen MR) is 84.5 cm³/mol. The average Bonchev–Trinajstić information content (AvgIpc) is 2.97. The second-order valence-electron chi connectivity index (χ2n) is 4.79. The number of rotatable bonds is 5. The minimum absolute atomic E-state index is 0.173. The molecule has 0 aliphatic carbocycles. The Balaban J connectivity index is 1.91. The largest absolute Gasteiger partial charge is 0.394 e. The molecule has 1 unspecified atom stereocenters. The van der Waals surface area contributed by atoms with Gasteiger partial charge in [0.05, 0.1) is 12.6 Å². The molecule has 0 bridgehead atoms. The molecule has 1 atom stereocenters. The number of nitrogens with zero attached hydrogens (tertiary/aromatic N) is 4. The molecule has 0 spiro atoms. The van der Waals surface area contributed by atoms with Gasteiger partial charge in [0.15, 0.2) is 5.82 Å². The van der Waals surface area contributed by atoms with E-state index in [0.29, 0.717) is 16.5 Å². The lowest BCUT2D eigenvalue weighted by molar-refractivity contribution is -0.391. The molecule has 2 aromatic heterocycles. The summed E-state index contributed by atoms with van der Waals surface area (Å²) >= 11 is 5.85. The summed E-state index contributed by atoms with van der Waals surface area (Å²) in [4.78, 5) is 14.3. The lowest BCUT2D eigenvalue weighted by Gasteiger charge is -2.16. The van der Waals surface area contributed by atoms with Crippen LogP contribution in [-0.4, -0.2) is 31.2 Å². The van der Waals surface area contributed by atoms with E-state index in [1.54, 1.807) is 36.4 Å². The molecular weight excluding hydrogens is 322 g/mol. The summed E-state index contributed by atoms with van der Waals surface area (Å²) in [7, 11) is 0. The van der Waals surface area contributed by atoms with Gasteiger partial charge in [0.1, 0.15) is 6.20 Å². The van der Waals surface area contributed by atoms with E-state index in [1.807, 2.05) is 0 Å². The Bertz CT molecular complexity index is 849. The van der Waals surface area contributed by atoms with Crippen molar-refractivity contribution in [2.75, 3.05) is 11.9 Å². The third-order valence-corrected chi connectivity index (χ3v) is 3.56. The summed E-state index contributed by atoms with van der Waals surface area (Å²) in [6, 6.07) is 9.85. The summed E-state index contributed by atoms with van der Waals surface area (Å²) in [6.07, 6.45) is 1.15. The molecule has 2 N–H and O–H groups in total. The Morgan fingerprint density at radius 3 is 2.70 bits per heavy atom. The molecule has 3 rings (SSSR count). The van der Waals surface area contributed by atoms with Crippen LogP contribution in [-0.2, 0) is 0 Å². The molecule has 0 aliphatic rings. The van der Waals surface area contributed by atoms with Crippen molar-refractivity contribution >= 4 is 28.9 Å². The summed E-state index contributed by atoms with van der Waals surface area (Å²) < 4.78 is 1.14. The second-order valence-corrected chi connectivity index (χ2v) is 5.23. The first-order valence-corrected chi connectivity index (χ1v) is 7.08. The fourth-order valence-electron chi connectivity index (χ4n) is 2.17. The van der Waals surface area contributed by atoms with Crippen LogP contribution in [0, 0.1) is 10.1 Å². The molecule has 9 heteroatoms. The smallest absolute Gasteiger partial charge is 0.368 e. The SMILES string of the molecule is O=[N+]([O-])c1cnc2ccc(NC(CO)c3ccc(Cl)cc3)nn12.